The number of Topliss-reactive ketones (excluding diaryl/α,β-unsaturated/α-hetero) is 2. The van der Waals surface area contributed by atoms with E-state index in [1.165, 1.54) is 32.6 Å². The Labute approximate surface area is 589 Å². The van der Waals surface area contributed by atoms with E-state index in [1.54, 1.807) is 13.8 Å². The second kappa shape index (κ2) is 54.7. The second-order valence-corrected chi connectivity index (χ2v) is 28.0. The van der Waals surface area contributed by atoms with Crippen molar-refractivity contribution >= 4 is 41.1 Å². The Kier molecular flexibility index (Phi) is 50.4. The largest absolute Gasteiger partial charge is 0.394 e. The average Bonchev–Trinajstić information content (AvgIpc) is 0.834. The molecule has 0 spiro atoms. The molecule has 0 bridgehead atoms. The zero-order chi connectivity index (χ0) is 73.5. The first-order chi connectivity index (χ1) is 47.4. The number of aliphatic hydroxyl groups excluding tert-OH is 9. The van der Waals surface area contributed by atoms with Gasteiger partial charge < -0.3 is 101 Å². The van der Waals surface area contributed by atoms with Gasteiger partial charge in [0.1, 0.15) is 54.6 Å². The summed E-state index contributed by atoms with van der Waals surface area (Å²) in [6, 6.07) is -1.98. The summed E-state index contributed by atoms with van der Waals surface area (Å²) in [5.74, 6) is -2.47. The van der Waals surface area contributed by atoms with Crippen molar-refractivity contribution in [1.82, 2.24) is 26.6 Å². The van der Waals surface area contributed by atoms with Crippen LogP contribution in [-0.4, -0.2) is 232 Å². The van der Waals surface area contributed by atoms with Crippen LogP contribution in [0.1, 0.15) is 248 Å². The van der Waals surface area contributed by atoms with Gasteiger partial charge in [0.05, 0.1) is 38.1 Å². The Morgan fingerprint density at radius 1 is 0.434 bits per heavy atom. The normalized spacial score (nSPS) is 26.0. The lowest BCUT2D eigenvalue weighted by Gasteiger charge is -2.42. The number of rotatable bonds is 54. The second-order valence-electron chi connectivity index (χ2n) is 28.0. The summed E-state index contributed by atoms with van der Waals surface area (Å²) in [6.45, 7) is 13.5. The number of aliphatic hydroxyl groups is 9. The summed E-state index contributed by atoms with van der Waals surface area (Å²) >= 11 is 0. The number of ether oxygens (including phenoxy) is 6. The van der Waals surface area contributed by atoms with Gasteiger partial charge in [0.2, 0.25) is 29.5 Å². The molecule has 0 aromatic heterocycles. The molecule has 0 aromatic carbocycles. The molecular formula is C72H133N5O22. The van der Waals surface area contributed by atoms with Crippen LogP contribution >= 0.6 is 0 Å². The van der Waals surface area contributed by atoms with E-state index in [9.17, 15) is 79.5 Å². The molecule has 17 atom stereocenters. The van der Waals surface area contributed by atoms with E-state index < -0.39 is 129 Å². The number of carbonyl (C=O) groups excluding carboxylic acids is 7. The van der Waals surface area contributed by atoms with E-state index in [4.69, 9.17) is 28.4 Å². The average molecular weight is 1420 g/mol. The number of nitrogens with one attached hydrogen (secondary N) is 5. The van der Waals surface area contributed by atoms with Crippen molar-refractivity contribution in [3.05, 3.63) is 0 Å². The van der Waals surface area contributed by atoms with Crippen molar-refractivity contribution in [2.24, 2.45) is 23.7 Å². The Morgan fingerprint density at radius 2 is 0.808 bits per heavy atom. The predicted molar refractivity (Wildman–Crippen MR) is 371 cm³/mol. The van der Waals surface area contributed by atoms with Crippen molar-refractivity contribution < 1.29 is 108 Å². The molecule has 0 aliphatic carbocycles. The minimum absolute atomic E-state index is 0.0987. The maximum atomic E-state index is 14.4. The lowest BCUT2D eigenvalue weighted by Crippen LogP contribution is -2.64. The smallest absolute Gasteiger partial charge is 0.223 e. The van der Waals surface area contributed by atoms with Crippen LogP contribution in [0.3, 0.4) is 0 Å². The fourth-order valence-corrected chi connectivity index (χ4v) is 12.0. The maximum absolute atomic E-state index is 14.4. The van der Waals surface area contributed by atoms with Gasteiger partial charge in [-0.25, -0.2) is 0 Å². The Morgan fingerprint density at radius 3 is 1.27 bits per heavy atom. The highest BCUT2D eigenvalue weighted by atomic mass is 16.7. The van der Waals surface area contributed by atoms with Crippen LogP contribution in [0.25, 0.3) is 0 Å². The molecule has 3 aliphatic heterocycles. The zero-order valence-corrected chi connectivity index (χ0v) is 61.0. The van der Waals surface area contributed by atoms with Crippen molar-refractivity contribution in [2.45, 2.75) is 333 Å². The number of carbonyl (C=O) groups is 7. The summed E-state index contributed by atoms with van der Waals surface area (Å²) in [4.78, 5) is 92.1. The molecular weight excluding hydrogens is 1290 g/mol. The van der Waals surface area contributed by atoms with Gasteiger partial charge in [-0.15, -0.1) is 0 Å². The van der Waals surface area contributed by atoms with E-state index in [-0.39, 0.29) is 80.5 Å². The van der Waals surface area contributed by atoms with Crippen LogP contribution in [0.15, 0.2) is 0 Å². The minimum Gasteiger partial charge on any atom is -0.394 e. The number of unbranched alkanes of at least 4 members (excludes halogenated alkanes) is 16. The van der Waals surface area contributed by atoms with Gasteiger partial charge in [-0.05, 0) is 95.8 Å². The number of hydrogen-bond acceptors (Lipinski definition) is 22. The van der Waals surface area contributed by atoms with Crippen molar-refractivity contribution in [3.63, 3.8) is 0 Å². The quantitative estimate of drug-likeness (QED) is 0.0373. The molecule has 0 aromatic rings. The third kappa shape index (κ3) is 39.0. The maximum Gasteiger partial charge on any atom is 0.223 e. The molecule has 0 saturated carbocycles. The van der Waals surface area contributed by atoms with Crippen LogP contribution in [0.2, 0.25) is 0 Å². The van der Waals surface area contributed by atoms with Crippen molar-refractivity contribution in [2.75, 3.05) is 59.3 Å². The van der Waals surface area contributed by atoms with Crippen LogP contribution in [0, 0.1) is 23.7 Å². The number of amides is 5. The summed E-state index contributed by atoms with van der Waals surface area (Å²) in [7, 11) is 0. The Bertz CT molecular complexity index is 2180. The molecule has 3 saturated heterocycles. The van der Waals surface area contributed by atoms with E-state index in [0.717, 1.165) is 31.6 Å². The summed E-state index contributed by atoms with van der Waals surface area (Å²) in [5.41, 5.74) is 0. The standard InChI is InChI=1S/C68H123N5O22.C4H10/c1-5-6-7-8-9-10-15-29-49(78)30-16-11-22-37-71-65(89)48(28-20-23-35-69-55(80)33-18-13-27-40-92-68-58(72-47(4)77)64(88)63(87)54(44-76)95-68)41-51(79)50(73-57(82)34-19-14-26-39-91-67-46(3)60(84)62(86)53(43-75)94-67)31-21-24-36-70-56(81)32-17-12-25-38-90-66-45(2)59(83)61(85)52(42-74)93-66;1-4(2)3/h45-46,48,50,52-54,58-64,66-68,74-76,83-88H,5-44H2,1-4H3,(H,69,80)(H,70,81)(H,71,89)(H,72,77)(H,73,82);4H,1-3H3/t45?,46?,48?,50?,52?,53?,54?,58?,59-,60-,61+,62+,63+,64-,66-,67-,68-;/m1./s1. The number of hydrogen-bond donors (Lipinski definition) is 14. The number of ketones is 2. The molecule has 5 amide bonds. The fraction of sp³-hybridized carbons (Fsp3) is 0.903. The fourth-order valence-electron chi connectivity index (χ4n) is 12.0. The predicted octanol–water partition coefficient (Wildman–Crippen LogP) is 4.49. The molecule has 27 nitrogen and oxygen atoms in total. The molecule has 99 heavy (non-hydrogen) atoms. The van der Waals surface area contributed by atoms with Crippen molar-refractivity contribution in [1.29, 1.82) is 0 Å². The molecule has 3 heterocycles. The van der Waals surface area contributed by atoms with Gasteiger partial charge >= 0.3 is 0 Å². The highest BCUT2D eigenvalue weighted by Gasteiger charge is 2.46. The Hall–Kier alpha value is -3.91. The molecule has 27 heteroatoms. The summed E-state index contributed by atoms with van der Waals surface area (Å²) in [6.07, 6.45) is 5.90. The first kappa shape index (κ1) is 91.2. The molecule has 0 radical (unpaired) electrons. The van der Waals surface area contributed by atoms with E-state index in [2.05, 4.69) is 54.3 Å². The molecule has 14 N–H and O–H groups in total. The van der Waals surface area contributed by atoms with E-state index in [0.29, 0.717) is 142 Å². The van der Waals surface area contributed by atoms with Gasteiger partial charge in [-0.2, -0.15) is 0 Å². The van der Waals surface area contributed by atoms with Gasteiger partial charge in [0.25, 0.3) is 0 Å². The first-order valence-corrected chi connectivity index (χ1v) is 37.5. The SMILES string of the molecule is CC(C)C.CCCCCCCCCC(=O)CCCCCNC(=O)C(CCCCNC(=O)CCCCCO[C@@H]1OC(CO)[C@H](O)[C@H](O)C1NC(C)=O)CC(=O)C(CCCCNC(=O)CCCCCO[C@@H]1OC(CO)[C@H](O)[C@H](O)C1C)NC(=O)CCCCCO[C@@H]1OC(CO)[C@H](O)[C@H](O)C1C. The van der Waals surface area contributed by atoms with E-state index >= 15 is 0 Å². The van der Waals surface area contributed by atoms with Crippen LogP contribution < -0.4 is 26.6 Å². The zero-order valence-electron chi connectivity index (χ0n) is 61.0. The van der Waals surface area contributed by atoms with Gasteiger partial charge in [0.15, 0.2) is 24.7 Å². The minimum atomic E-state index is -1.43. The monoisotopic (exact) mass is 1420 g/mol. The summed E-state index contributed by atoms with van der Waals surface area (Å²) < 4.78 is 34.3. The highest BCUT2D eigenvalue weighted by Crippen LogP contribution is 2.29. The Balaban J connectivity index is 0.00000809. The van der Waals surface area contributed by atoms with Gasteiger partial charge in [0, 0.05) is 103 Å². The van der Waals surface area contributed by atoms with Gasteiger partial charge in [-0.1, -0.05) is 112 Å². The van der Waals surface area contributed by atoms with Crippen molar-refractivity contribution in [3.8, 4) is 0 Å². The van der Waals surface area contributed by atoms with Crippen LogP contribution in [-0.2, 0) is 62.0 Å². The third-order valence-electron chi connectivity index (χ3n) is 18.2. The van der Waals surface area contributed by atoms with Crippen LogP contribution in [0.4, 0.5) is 0 Å². The molecule has 578 valence electrons. The topological polar surface area (TPSA) is 417 Å². The third-order valence-corrected chi connectivity index (χ3v) is 18.2. The lowest BCUT2D eigenvalue weighted by molar-refractivity contribution is -0.282. The first-order valence-electron chi connectivity index (χ1n) is 37.5. The molecule has 8 unspecified atom stereocenters. The lowest BCUT2D eigenvalue weighted by atomic mass is 9.91. The van der Waals surface area contributed by atoms with Gasteiger partial charge in [-0.3, -0.25) is 33.6 Å². The van der Waals surface area contributed by atoms with Crippen LogP contribution in [0.5, 0.6) is 0 Å². The molecule has 3 rings (SSSR count). The molecule has 3 fully saturated rings. The molecule has 3 aliphatic rings. The van der Waals surface area contributed by atoms with E-state index in [1.807, 2.05) is 0 Å². The highest BCUT2D eigenvalue weighted by molar-refractivity contribution is 5.92. The summed E-state index contributed by atoms with van der Waals surface area (Å²) in [5, 5.41) is 105.